The summed E-state index contributed by atoms with van der Waals surface area (Å²) in [4.78, 5) is 11.3. The highest BCUT2D eigenvalue weighted by molar-refractivity contribution is 5.68. The second kappa shape index (κ2) is 5.51. The van der Waals surface area contributed by atoms with Crippen LogP contribution in [0.15, 0.2) is 30.3 Å². The van der Waals surface area contributed by atoms with Crippen molar-refractivity contribution in [2.45, 2.75) is 26.0 Å². The van der Waals surface area contributed by atoms with Gasteiger partial charge in [0.15, 0.2) is 0 Å². The quantitative estimate of drug-likeness (QED) is 0.816. The molecule has 0 atom stereocenters. The van der Waals surface area contributed by atoms with Gasteiger partial charge in [0.05, 0.1) is 12.1 Å². The molecule has 0 saturated carbocycles. The molecule has 0 aliphatic heterocycles. The summed E-state index contributed by atoms with van der Waals surface area (Å²) in [6, 6.07) is 9.43. The Balaban J connectivity index is 2.36. The zero-order chi connectivity index (χ0) is 12.0. The topological polar surface area (TPSA) is 58.6 Å². The molecule has 88 valence electrons. The Morgan fingerprint density at radius 1 is 1.38 bits per heavy atom. The Bertz CT molecular complexity index is 335. The molecule has 0 aromatic heterocycles. The van der Waals surface area contributed by atoms with Gasteiger partial charge in [-0.25, -0.2) is 4.79 Å². The Morgan fingerprint density at radius 3 is 2.56 bits per heavy atom. The van der Waals surface area contributed by atoms with Gasteiger partial charge in [-0.15, -0.1) is 0 Å². The molecule has 2 N–H and O–H groups in total. The van der Waals surface area contributed by atoms with Crippen LogP contribution in [0.1, 0.15) is 19.4 Å². The second-order valence-electron chi connectivity index (χ2n) is 4.23. The molecule has 0 aliphatic rings. The van der Waals surface area contributed by atoms with Crippen molar-refractivity contribution in [2.24, 2.45) is 0 Å². The van der Waals surface area contributed by atoms with Gasteiger partial charge >= 0.3 is 6.09 Å². The normalized spacial score (nSPS) is 10.9. The van der Waals surface area contributed by atoms with E-state index < -0.39 is 11.6 Å². The van der Waals surface area contributed by atoms with Crippen LogP contribution in [0, 0.1) is 0 Å². The molecule has 16 heavy (non-hydrogen) atoms. The van der Waals surface area contributed by atoms with Crippen LogP contribution in [0.2, 0.25) is 0 Å². The molecule has 0 saturated heterocycles. The second-order valence-corrected chi connectivity index (χ2v) is 4.23. The van der Waals surface area contributed by atoms with Gasteiger partial charge in [-0.1, -0.05) is 30.3 Å². The van der Waals surface area contributed by atoms with Crippen LogP contribution in [-0.2, 0) is 11.3 Å². The first kappa shape index (κ1) is 12.5. The number of benzene rings is 1. The van der Waals surface area contributed by atoms with E-state index in [0.717, 1.165) is 5.56 Å². The molecule has 1 rings (SSSR count). The van der Waals surface area contributed by atoms with Crippen LogP contribution in [0.5, 0.6) is 0 Å². The van der Waals surface area contributed by atoms with Gasteiger partial charge in [-0.2, -0.15) is 0 Å². The molecule has 4 nitrogen and oxygen atoms in total. The van der Waals surface area contributed by atoms with Gasteiger partial charge in [-0.3, -0.25) is 0 Å². The van der Waals surface area contributed by atoms with Crippen LogP contribution < -0.4 is 5.32 Å². The molecule has 0 heterocycles. The Kier molecular flexibility index (Phi) is 4.31. The third-order valence-corrected chi connectivity index (χ3v) is 2.05. The lowest BCUT2D eigenvalue weighted by Crippen LogP contribution is -2.46. The monoisotopic (exact) mass is 223 g/mol. The molecule has 0 spiro atoms. The zero-order valence-electron chi connectivity index (χ0n) is 9.56. The smallest absolute Gasteiger partial charge is 0.407 e. The van der Waals surface area contributed by atoms with E-state index in [4.69, 9.17) is 9.84 Å². The van der Waals surface area contributed by atoms with Crippen molar-refractivity contribution in [3.05, 3.63) is 35.9 Å². The fraction of sp³-hybridized carbons (Fsp3) is 0.417. The summed E-state index contributed by atoms with van der Waals surface area (Å²) >= 11 is 0. The fourth-order valence-electron chi connectivity index (χ4n) is 1.08. The number of hydrogen-bond acceptors (Lipinski definition) is 3. The Hall–Kier alpha value is -1.55. The highest BCUT2D eigenvalue weighted by atomic mass is 16.5. The molecule has 1 amide bonds. The van der Waals surface area contributed by atoms with E-state index in [1.165, 1.54) is 0 Å². The maximum Gasteiger partial charge on any atom is 0.407 e. The number of amides is 1. The summed E-state index contributed by atoms with van der Waals surface area (Å²) in [7, 11) is 0. The third kappa shape index (κ3) is 4.31. The highest BCUT2D eigenvalue weighted by Crippen LogP contribution is 2.03. The highest BCUT2D eigenvalue weighted by Gasteiger charge is 2.19. The molecule has 0 bridgehead atoms. The number of nitrogens with one attached hydrogen (secondary N) is 1. The first-order valence-corrected chi connectivity index (χ1v) is 5.13. The maximum absolute atomic E-state index is 11.3. The number of ether oxygens (including phenoxy) is 1. The molecule has 1 aromatic rings. The fourth-order valence-corrected chi connectivity index (χ4v) is 1.08. The van der Waals surface area contributed by atoms with E-state index in [9.17, 15) is 4.79 Å². The van der Waals surface area contributed by atoms with E-state index in [2.05, 4.69) is 5.32 Å². The van der Waals surface area contributed by atoms with Gasteiger partial charge in [0, 0.05) is 0 Å². The SMILES string of the molecule is CC(C)(CO)NC(=O)OCc1ccccc1. The number of hydrogen-bond donors (Lipinski definition) is 2. The first-order chi connectivity index (χ1) is 7.53. The minimum absolute atomic E-state index is 0.132. The summed E-state index contributed by atoms with van der Waals surface area (Å²) < 4.78 is 5.00. The van der Waals surface area contributed by atoms with E-state index in [-0.39, 0.29) is 13.2 Å². The molecule has 0 unspecified atom stereocenters. The first-order valence-electron chi connectivity index (χ1n) is 5.13. The van der Waals surface area contributed by atoms with Crippen LogP contribution in [-0.4, -0.2) is 23.3 Å². The van der Waals surface area contributed by atoms with E-state index in [1.807, 2.05) is 30.3 Å². The summed E-state index contributed by atoms with van der Waals surface area (Å²) in [6.45, 7) is 3.54. The third-order valence-electron chi connectivity index (χ3n) is 2.05. The number of aliphatic hydroxyl groups excluding tert-OH is 1. The minimum Gasteiger partial charge on any atom is -0.445 e. The summed E-state index contributed by atoms with van der Waals surface area (Å²) in [5.41, 5.74) is 0.271. The Labute approximate surface area is 95.2 Å². The molecule has 0 aliphatic carbocycles. The number of rotatable bonds is 4. The van der Waals surface area contributed by atoms with Crippen LogP contribution in [0.25, 0.3) is 0 Å². The van der Waals surface area contributed by atoms with Crippen molar-refractivity contribution >= 4 is 6.09 Å². The summed E-state index contributed by atoms with van der Waals surface area (Å²) in [5, 5.41) is 11.5. The van der Waals surface area contributed by atoms with Gasteiger partial charge < -0.3 is 15.2 Å². The number of carbonyl (C=O) groups is 1. The average Bonchev–Trinajstić information content (AvgIpc) is 2.27. The van der Waals surface area contributed by atoms with E-state index >= 15 is 0 Å². The molecular weight excluding hydrogens is 206 g/mol. The minimum atomic E-state index is -0.659. The van der Waals surface area contributed by atoms with Crippen LogP contribution in [0.3, 0.4) is 0 Å². The number of alkyl carbamates (subject to hydrolysis) is 1. The summed E-state index contributed by atoms with van der Waals surface area (Å²) in [5.74, 6) is 0. The van der Waals surface area contributed by atoms with Crippen molar-refractivity contribution in [3.8, 4) is 0 Å². The van der Waals surface area contributed by atoms with E-state index in [0.29, 0.717) is 0 Å². The van der Waals surface area contributed by atoms with Crippen molar-refractivity contribution in [1.82, 2.24) is 5.32 Å². The largest absolute Gasteiger partial charge is 0.445 e. The van der Waals surface area contributed by atoms with Gasteiger partial charge in [0.1, 0.15) is 6.61 Å². The zero-order valence-corrected chi connectivity index (χ0v) is 9.56. The standard InChI is InChI=1S/C12H17NO3/c1-12(2,9-14)13-11(15)16-8-10-6-4-3-5-7-10/h3-7,14H,8-9H2,1-2H3,(H,13,15). The number of aliphatic hydroxyl groups is 1. The van der Waals surface area contributed by atoms with Crippen molar-refractivity contribution < 1.29 is 14.6 Å². The van der Waals surface area contributed by atoms with Gasteiger partial charge in [-0.05, 0) is 19.4 Å². The van der Waals surface area contributed by atoms with Crippen molar-refractivity contribution in [2.75, 3.05) is 6.61 Å². The maximum atomic E-state index is 11.3. The van der Waals surface area contributed by atoms with Crippen LogP contribution in [0.4, 0.5) is 4.79 Å². The Morgan fingerprint density at radius 2 is 2.00 bits per heavy atom. The van der Waals surface area contributed by atoms with Crippen LogP contribution >= 0.6 is 0 Å². The molecular formula is C12H17NO3. The molecule has 0 radical (unpaired) electrons. The van der Waals surface area contributed by atoms with Crippen molar-refractivity contribution in [3.63, 3.8) is 0 Å². The predicted octanol–water partition coefficient (Wildman–Crippen LogP) is 1.68. The molecule has 4 heteroatoms. The molecule has 0 fully saturated rings. The van der Waals surface area contributed by atoms with Crippen molar-refractivity contribution in [1.29, 1.82) is 0 Å². The van der Waals surface area contributed by atoms with Gasteiger partial charge in [0.2, 0.25) is 0 Å². The predicted molar refractivity (Wildman–Crippen MR) is 60.9 cm³/mol. The van der Waals surface area contributed by atoms with Gasteiger partial charge in [0.25, 0.3) is 0 Å². The lowest BCUT2D eigenvalue weighted by Gasteiger charge is -2.22. The lowest BCUT2D eigenvalue weighted by atomic mass is 10.1. The lowest BCUT2D eigenvalue weighted by molar-refractivity contribution is 0.116. The average molecular weight is 223 g/mol. The van der Waals surface area contributed by atoms with E-state index in [1.54, 1.807) is 13.8 Å². The molecule has 1 aromatic carbocycles. The number of carbonyl (C=O) groups excluding carboxylic acids is 1. The summed E-state index contributed by atoms with van der Waals surface area (Å²) in [6.07, 6.45) is -0.525.